The molecule has 0 aliphatic carbocycles. The standard InChI is InChI=1S/C17H13N3OS2/c1-2-11-13(12-7-5-9-22-12)14-16(21)19-15(20-17(14)23-11)10-6-3-4-8-18-10/h3-9H,2H2,1H3,(H,19,20,21). The maximum absolute atomic E-state index is 12.7. The van der Waals surface area contributed by atoms with Crippen LogP contribution in [0, 0.1) is 0 Å². The van der Waals surface area contributed by atoms with Crippen LogP contribution in [-0.2, 0) is 6.42 Å². The Kier molecular flexibility index (Phi) is 3.55. The Labute approximate surface area is 140 Å². The molecule has 0 spiro atoms. The van der Waals surface area contributed by atoms with Gasteiger partial charge in [-0.1, -0.05) is 19.1 Å². The summed E-state index contributed by atoms with van der Waals surface area (Å²) in [6.45, 7) is 2.11. The maximum Gasteiger partial charge on any atom is 0.260 e. The minimum atomic E-state index is -0.102. The third-order valence-electron chi connectivity index (χ3n) is 3.63. The van der Waals surface area contributed by atoms with Crippen molar-refractivity contribution in [3.63, 3.8) is 0 Å². The van der Waals surface area contributed by atoms with Gasteiger partial charge in [-0.2, -0.15) is 0 Å². The van der Waals surface area contributed by atoms with E-state index in [4.69, 9.17) is 0 Å². The summed E-state index contributed by atoms with van der Waals surface area (Å²) in [5.74, 6) is 0.518. The first kappa shape index (κ1) is 14.3. The number of thiophene rings is 2. The Bertz CT molecular complexity index is 1020. The van der Waals surface area contributed by atoms with Crippen LogP contribution in [-0.4, -0.2) is 15.0 Å². The number of aromatic amines is 1. The molecular formula is C17H13N3OS2. The number of H-pyrrole nitrogens is 1. The Balaban J connectivity index is 2.01. The highest BCUT2D eigenvalue weighted by molar-refractivity contribution is 7.20. The number of aromatic nitrogens is 3. The van der Waals surface area contributed by atoms with Crippen molar-refractivity contribution in [2.24, 2.45) is 0 Å². The molecule has 6 heteroatoms. The fourth-order valence-electron chi connectivity index (χ4n) is 2.61. The van der Waals surface area contributed by atoms with E-state index in [9.17, 15) is 4.79 Å². The van der Waals surface area contributed by atoms with Crippen molar-refractivity contribution in [2.75, 3.05) is 0 Å². The van der Waals surface area contributed by atoms with E-state index in [1.807, 2.05) is 29.6 Å². The summed E-state index contributed by atoms with van der Waals surface area (Å²) in [4.78, 5) is 27.6. The van der Waals surface area contributed by atoms with Crippen molar-refractivity contribution in [3.05, 3.63) is 57.1 Å². The van der Waals surface area contributed by atoms with Gasteiger partial charge in [-0.15, -0.1) is 22.7 Å². The average molecular weight is 339 g/mol. The van der Waals surface area contributed by atoms with Gasteiger partial charge in [-0.05, 0) is 30.0 Å². The van der Waals surface area contributed by atoms with E-state index in [1.165, 1.54) is 4.88 Å². The molecule has 0 aliphatic heterocycles. The fourth-order valence-corrected chi connectivity index (χ4v) is 4.60. The Morgan fingerprint density at radius 2 is 2.13 bits per heavy atom. The number of fused-ring (bicyclic) bond motifs is 1. The minimum Gasteiger partial charge on any atom is -0.305 e. The maximum atomic E-state index is 12.7. The first-order chi connectivity index (χ1) is 11.3. The molecule has 0 fully saturated rings. The van der Waals surface area contributed by atoms with Gasteiger partial charge in [0.05, 0.1) is 5.39 Å². The van der Waals surface area contributed by atoms with E-state index in [0.29, 0.717) is 16.9 Å². The summed E-state index contributed by atoms with van der Waals surface area (Å²) in [5.41, 5.74) is 1.61. The molecule has 4 rings (SSSR count). The van der Waals surface area contributed by atoms with Crippen LogP contribution in [0.4, 0.5) is 0 Å². The lowest BCUT2D eigenvalue weighted by Crippen LogP contribution is -2.09. The molecule has 4 aromatic rings. The first-order valence-corrected chi connectivity index (χ1v) is 8.98. The molecule has 0 aliphatic rings. The lowest BCUT2D eigenvalue weighted by Gasteiger charge is -2.01. The van der Waals surface area contributed by atoms with Crippen LogP contribution in [0.5, 0.6) is 0 Å². The molecule has 0 atom stereocenters. The van der Waals surface area contributed by atoms with E-state index in [-0.39, 0.29) is 5.56 Å². The Morgan fingerprint density at radius 1 is 1.22 bits per heavy atom. The van der Waals surface area contributed by atoms with E-state index in [1.54, 1.807) is 28.9 Å². The van der Waals surface area contributed by atoms with Crippen LogP contribution >= 0.6 is 22.7 Å². The lowest BCUT2D eigenvalue weighted by atomic mass is 10.1. The van der Waals surface area contributed by atoms with Gasteiger partial charge >= 0.3 is 0 Å². The van der Waals surface area contributed by atoms with Gasteiger partial charge in [0.15, 0.2) is 5.82 Å². The van der Waals surface area contributed by atoms with Crippen molar-refractivity contribution < 1.29 is 0 Å². The molecule has 1 N–H and O–H groups in total. The number of hydrogen-bond acceptors (Lipinski definition) is 5. The number of hydrogen-bond donors (Lipinski definition) is 1. The van der Waals surface area contributed by atoms with Crippen LogP contribution < -0.4 is 5.56 Å². The zero-order valence-corrected chi connectivity index (χ0v) is 14.0. The summed E-state index contributed by atoms with van der Waals surface area (Å²) in [6, 6.07) is 9.63. The van der Waals surface area contributed by atoms with Gasteiger partial charge in [0.1, 0.15) is 10.5 Å². The summed E-state index contributed by atoms with van der Waals surface area (Å²) in [5, 5.41) is 2.72. The predicted octanol–water partition coefficient (Wildman–Crippen LogP) is 4.34. The number of aryl methyl sites for hydroxylation is 1. The molecule has 0 bridgehead atoms. The second-order valence-corrected chi connectivity index (χ2v) is 7.07. The SMILES string of the molecule is CCc1sc2nc(-c3ccccn3)[nH]c(=O)c2c1-c1cccs1. The zero-order chi connectivity index (χ0) is 15.8. The summed E-state index contributed by atoms with van der Waals surface area (Å²) >= 11 is 3.24. The predicted molar refractivity (Wildman–Crippen MR) is 96.2 cm³/mol. The van der Waals surface area contributed by atoms with Crippen molar-refractivity contribution in [1.82, 2.24) is 15.0 Å². The molecule has 0 unspecified atom stereocenters. The zero-order valence-electron chi connectivity index (χ0n) is 12.4. The number of nitrogens with one attached hydrogen (secondary N) is 1. The third kappa shape index (κ3) is 2.40. The van der Waals surface area contributed by atoms with Crippen LogP contribution in [0.25, 0.3) is 32.2 Å². The van der Waals surface area contributed by atoms with Crippen LogP contribution in [0.2, 0.25) is 0 Å². The third-order valence-corrected chi connectivity index (χ3v) is 5.75. The molecule has 114 valence electrons. The quantitative estimate of drug-likeness (QED) is 0.604. The average Bonchev–Trinajstić information content (AvgIpc) is 3.22. The highest BCUT2D eigenvalue weighted by Gasteiger charge is 2.19. The number of nitrogens with zero attached hydrogens (tertiary/aromatic N) is 2. The van der Waals surface area contributed by atoms with Crippen LogP contribution in [0.3, 0.4) is 0 Å². The first-order valence-electron chi connectivity index (χ1n) is 7.29. The van der Waals surface area contributed by atoms with Crippen LogP contribution in [0.1, 0.15) is 11.8 Å². The molecule has 0 amide bonds. The van der Waals surface area contributed by atoms with E-state index in [2.05, 4.69) is 27.9 Å². The molecule has 0 aromatic carbocycles. The lowest BCUT2D eigenvalue weighted by molar-refractivity contribution is 1.15. The number of rotatable bonds is 3. The molecule has 23 heavy (non-hydrogen) atoms. The molecule has 4 aromatic heterocycles. The monoisotopic (exact) mass is 339 g/mol. The second kappa shape index (κ2) is 5.72. The fraction of sp³-hybridized carbons (Fsp3) is 0.118. The molecular weight excluding hydrogens is 326 g/mol. The highest BCUT2D eigenvalue weighted by atomic mass is 32.1. The van der Waals surface area contributed by atoms with Crippen molar-refractivity contribution in [2.45, 2.75) is 13.3 Å². The van der Waals surface area contributed by atoms with Gasteiger partial charge in [0.25, 0.3) is 5.56 Å². The van der Waals surface area contributed by atoms with Gasteiger partial charge in [-0.3, -0.25) is 9.78 Å². The summed E-state index contributed by atoms with van der Waals surface area (Å²) in [7, 11) is 0. The Morgan fingerprint density at radius 3 is 2.83 bits per heavy atom. The number of pyridine rings is 1. The van der Waals surface area contributed by atoms with Gasteiger partial charge < -0.3 is 4.98 Å². The second-order valence-electron chi connectivity index (χ2n) is 5.04. The van der Waals surface area contributed by atoms with E-state index in [0.717, 1.165) is 21.7 Å². The van der Waals surface area contributed by atoms with Gasteiger partial charge in [-0.25, -0.2) is 4.98 Å². The molecule has 0 saturated heterocycles. The Hall–Kier alpha value is -2.31. The summed E-state index contributed by atoms with van der Waals surface area (Å²) in [6.07, 6.45) is 2.58. The normalized spacial score (nSPS) is 11.2. The van der Waals surface area contributed by atoms with E-state index < -0.39 is 0 Å². The highest BCUT2D eigenvalue weighted by Crippen LogP contribution is 2.38. The van der Waals surface area contributed by atoms with E-state index >= 15 is 0 Å². The van der Waals surface area contributed by atoms with Gasteiger partial charge in [0.2, 0.25) is 0 Å². The molecule has 4 heterocycles. The van der Waals surface area contributed by atoms with Crippen LogP contribution in [0.15, 0.2) is 46.7 Å². The molecule has 0 saturated carbocycles. The smallest absolute Gasteiger partial charge is 0.260 e. The largest absolute Gasteiger partial charge is 0.305 e. The van der Waals surface area contributed by atoms with Crippen molar-refractivity contribution in [1.29, 1.82) is 0 Å². The minimum absolute atomic E-state index is 0.102. The topological polar surface area (TPSA) is 58.6 Å². The summed E-state index contributed by atoms with van der Waals surface area (Å²) < 4.78 is 0. The van der Waals surface area contributed by atoms with Gasteiger partial charge in [0, 0.05) is 21.5 Å². The van der Waals surface area contributed by atoms with Crippen molar-refractivity contribution >= 4 is 32.9 Å². The van der Waals surface area contributed by atoms with Crippen molar-refractivity contribution in [3.8, 4) is 22.0 Å². The molecule has 0 radical (unpaired) electrons. The molecule has 4 nitrogen and oxygen atoms in total.